The Balaban J connectivity index is 1.75. The maximum Gasteiger partial charge on any atom is 0.401 e. The van der Waals surface area contributed by atoms with Gasteiger partial charge in [-0.2, -0.15) is 18.3 Å². The van der Waals surface area contributed by atoms with Crippen LogP contribution in [0, 0.1) is 0 Å². The summed E-state index contributed by atoms with van der Waals surface area (Å²) in [5.41, 5.74) is 4.01. The minimum atomic E-state index is -4.28. The van der Waals surface area contributed by atoms with Crippen LogP contribution in [-0.2, 0) is 6.54 Å². The predicted octanol–water partition coefficient (Wildman–Crippen LogP) is 4.61. The third-order valence-electron chi connectivity index (χ3n) is 4.27. The minimum absolute atomic E-state index is 0.0485. The molecule has 0 bridgehead atoms. The number of halogens is 4. The van der Waals surface area contributed by atoms with Gasteiger partial charge in [0.25, 0.3) is 5.91 Å². The van der Waals surface area contributed by atoms with E-state index in [9.17, 15) is 23.1 Å². The summed E-state index contributed by atoms with van der Waals surface area (Å²) in [6.45, 7) is -1.01. The summed E-state index contributed by atoms with van der Waals surface area (Å²) in [6.07, 6.45) is -2.82. The van der Waals surface area contributed by atoms with Gasteiger partial charge < -0.3 is 10.4 Å². The number of amides is 1. The van der Waals surface area contributed by atoms with E-state index in [0.717, 1.165) is 16.3 Å². The topological polar surface area (TPSA) is 73.7 Å². The molecule has 0 aliphatic carbocycles. The Kier molecular flexibility index (Phi) is 6.59. The molecule has 3 rings (SSSR count). The molecule has 1 amide bonds. The first-order valence-corrected chi connectivity index (χ1v) is 9.22. The molecule has 0 aliphatic rings. The van der Waals surface area contributed by atoms with E-state index in [-0.39, 0.29) is 22.9 Å². The Bertz CT molecular complexity index is 1100. The first-order chi connectivity index (χ1) is 14.2. The van der Waals surface area contributed by atoms with Crippen LogP contribution < -0.4 is 10.7 Å². The third-order valence-corrected chi connectivity index (χ3v) is 4.57. The van der Waals surface area contributed by atoms with Crippen LogP contribution in [0.3, 0.4) is 0 Å². The number of benzene rings is 3. The van der Waals surface area contributed by atoms with E-state index in [2.05, 4.69) is 15.8 Å². The number of carbonyl (C=O) groups is 1. The van der Waals surface area contributed by atoms with Crippen molar-refractivity contribution in [2.75, 3.05) is 6.54 Å². The lowest BCUT2D eigenvalue weighted by Gasteiger charge is -2.11. The van der Waals surface area contributed by atoms with Crippen molar-refractivity contribution in [3.05, 3.63) is 76.3 Å². The average Bonchev–Trinajstić information content (AvgIpc) is 2.70. The molecular formula is C21H17ClF3N3O2. The van der Waals surface area contributed by atoms with Gasteiger partial charge in [0.2, 0.25) is 0 Å². The standard InChI is InChI=1S/C21H17ClF3N3O2/c22-18-9-13(7-8-19(18)29)20(30)28-27-11-15-6-5-14(10-26-12-21(23,24)25)16-3-1-2-4-17(15)16/h1-9,11,26,29H,10,12H2,(H,28,30). The first kappa shape index (κ1) is 21.6. The van der Waals surface area contributed by atoms with Crippen molar-refractivity contribution in [3.8, 4) is 5.75 Å². The molecule has 156 valence electrons. The second kappa shape index (κ2) is 9.15. The van der Waals surface area contributed by atoms with Gasteiger partial charge in [-0.1, -0.05) is 48.0 Å². The third kappa shape index (κ3) is 5.49. The van der Waals surface area contributed by atoms with Gasteiger partial charge in [0.15, 0.2) is 0 Å². The van der Waals surface area contributed by atoms with E-state index in [4.69, 9.17) is 11.6 Å². The van der Waals surface area contributed by atoms with Crippen LogP contribution in [0.15, 0.2) is 59.7 Å². The highest BCUT2D eigenvalue weighted by atomic mass is 35.5. The Morgan fingerprint density at radius 1 is 1.10 bits per heavy atom. The zero-order valence-electron chi connectivity index (χ0n) is 15.5. The SMILES string of the molecule is O=C(NN=Cc1ccc(CNCC(F)(F)F)c2ccccc12)c1ccc(O)c(Cl)c1. The molecular weight excluding hydrogens is 419 g/mol. The minimum Gasteiger partial charge on any atom is -0.506 e. The summed E-state index contributed by atoms with van der Waals surface area (Å²) in [5, 5.41) is 17.4. The number of hydrazone groups is 1. The van der Waals surface area contributed by atoms with Crippen molar-refractivity contribution < 1.29 is 23.1 Å². The highest BCUT2D eigenvalue weighted by Crippen LogP contribution is 2.24. The first-order valence-electron chi connectivity index (χ1n) is 8.84. The Labute approximate surface area is 175 Å². The van der Waals surface area contributed by atoms with E-state index >= 15 is 0 Å². The molecule has 0 saturated heterocycles. The summed E-state index contributed by atoms with van der Waals surface area (Å²) in [4.78, 5) is 12.2. The normalized spacial score (nSPS) is 11.9. The lowest BCUT2D eigenvalue weighted by Crippen LogP contribution is -2.28. The Morgan fingerprint density at radius 2 is 1.83 bits per heavy atom. The number of nitrogens with one attached hydrogen (secondary N) is 2. The molecule has 30 heavy (non-hydrogen) atoms. The van der Waals surface area contributed by atoms with E-state index in [0.29, 0.717) is 5.56 Å². The summed E-state index contributed by atoms with van der Waals surface area (Å²) in [5.74, 6) is -0.640. The lowest BCUT2D eigenvalue weighted by molar-refractivity contribution is -0.125. The van der Waals surface area contributed by atoms with Crippen LogP contribution in [0.5, 0.6) is 5.75 Å². The van der Waals surface area contributed by atoms with E-state index in [1.54, 1.807) is 18.2 Å². The fourth-order valence-electron chi connectivity index (χ4n) is 2.86. The van der Waals surface area contributed by atoms with Gasteiger partial charge in [0.1, 0.15) is 5.75 Å². The van der Waals surface area contributed by atoms with Crippen LogP contribution >= 0.6 is 11.6 Å². The zero-order chi connectivity index (χ0) is 21.7. The quantitative estimate of drug-likeness (QED) is 0.391. The number of carbonyl (C=O) groups excluding carboxylic acids is 1. The van der Waals surface area contributed by atoms with E-state index in [1.807, 2.05) is 18.2 Å². The van der Waals surface area contributed by atoms with Gasteiger partial charge in [-0.05, 0) is 34.5 Å². The van der Waals surface area contributed by atoms with Crippen molar-refractivity contribution in [1.82, 2.24) is 10.7 Å². The Morgan fingerprint density at radius 3 is 2.53 bits per heavy atom. The largest absolute Gasteiger partial charge is 0.506 e. The van der Waals surface area contributed by atoms with Gasteiger partial charge in [-0.25, -0.2) is 5.43 Å². The van der Waals surface area contributed by atoms with Crippen molar-refractivity contribution >= 4 is 34.5 Å². The lowest BCUT2D eigenvalue weighted by atomic mass is 10.00. The number of nitrogens with zero attached hydrogens (tertiary/aromatic N) is 1. The molecule has 3 aromatic rings. The van der Waals surface area contributed by atoms with Gasteiger partial charge in [-0.15, -0.1) is 0 Å². The van der Waals surface area contributed by atoms with Gasteiger partial charge in [0.05, 0.1) is 17.8 Å². The van der Waals surface area contributed by atoms with Crippen LogP contribution in [0.25, 0.3) is 10.8 Å². The van der Waals surface area contributed by atoms with Crippen molar-refractivity contribution in [2.45, 2.75) is 12.7 Å². The van der Waals surface area contributed by atoms with E-state index < -0.39 is 18.6 Å². The van der Waals surface area contributed by atoms with Crippen molar-refractivity contribution in [2.24, 2.45) is 5.10 Å². The average molecular weight is 436 g/mol. The number of aromatic hydroxyl groups is 1. The monoisotopic (exact) mass is 435 g/mol. The number of alkyl halides is 3. The highest BCUT2D eigenvalue weighted by molar-refractivity contribution is 6.32. The molecule has 0 saturated carbocycles. The predicted molar refractivity (Wildman–Crippen MR) is 110 cm³/mol. The van der Waals surface area contributed by atoms with Crippen LogP contribution in [0.2, 0.25) is 5.02 Å². The fraction of sp³-hybridized carbons (Fsp3) is 0.143. The number of fused-ring (bicyclic) bond motifs is 1. The van der Waals surface area contributed by atoms with Crippen LogP contribution in [0.4, 0.5) is 13.2 Å². The van der Waals surface area contributed by atoms with Gasteiger partial charge in [0, 0.05) is 17.7 Å². The summed E-state index contributed by atoms with van der Waals surface area (Å²) in [6, 6.07) is 14.7. The Hall–Kier alpha value is -3.10. The molecule has 0 radical (unpaired) electrons. The van der Waals surface area contributed by atoms with Crippen LogP contribution in [-0.4, -0.2) is 29.9 Å². The number of hydrogen-bond donors (Lipinski definition) is 3. The van der Waals surface area contributed by atoms with Gasteiger partial charge >= 0.3 is 6.18 Å². The molecule has 0 fully saturated rings. The number of phenols is 1. The molecule has 0 spiro atoms. The molecule has 3 aromatic carbocycles. The number of phenolic OH excluding ortho intramolecular Hbond substituents is 1. The van der Waals surface area contributed by atoms with Gasteiger partial charge in [-0.3, -0.25) is 4.79 Å². The number of hydrogen-bond acceptors (Lipinski definition) is 4. The second-order valence-electron chi connectivity index (χ2n) is 6.44. The molecule has 0 aliphatic heterocycles. The smallest absolute Gasteiger partial charge is 0.401 e. The second-order valence-corrected chi connectivity index (χ2v) is 6.85. The molecule has 0 atom stereocenters. The molecule has 0 aromatic heterocycles. The highest BCUT2D eigenvalue weighted by Gasteiger charge is 2.26. The van der Waals surface area contributed by atoms with Crippen LogP contribution in [0.1, 0.15) is 21.5 Å². The maximum absolute atomic E-state index is 12.4. The molecule has 9 heteroatoms. The van der Waals surface area contributed by atoms with Crippen molar-refractivity contribution in [3.63, 3.8) is 0 Å². The molecule has 3 N–H and O–H groups in total. The summed E-state index contributed by atoms with van der Waals surface area (Å²) in [7, 11) is 0. The van der Waals surface area contributed by atoms with Crippen molar-refractivity contribution in [1.29, 1.82) is 0 Å². The summed E-state index contributed by atoms with van der Waals surface area (Å²) >= 11 is 5.79. The molecule has 0 heterocycles. The molecule has 0 unspecified atom stereocenters. The zero-order valence-corrected chi connectivity index (χ0v) is 16.3. The fourth-order valence-corrected chi connectivity index (χ4v) is 3.04. The molecule has 5 nitrogen and oxygen atoms in total. The van der Waals surface area contributed by atoms with E-state index in [1.165, 1.54) is 24.4 Å². The number of rotatable bonds is 6. The maximum atomic E-state index is 12.4. The summed E-state index contributed by atoms with van der Waals surface area (Å²) < 4.78 is 37.1.